The van der Waals surface area contributed by atoms with Crippen molar-refractivity contribution in [2.75, 3.05) is 17.4 Å². The lowest BCUT2D eigenvalue weighted by Crippen LogP contribution is -2.41. The number of anilines is 1. The lowest BCUT2D eigenvalue weighted by molar-refractivity contribution is -0.132. The van der Waals surface area contributed by atoms with Gasteiger partial charge in [0.15, 0.2) is 0 Å². The Hall–Kier alpha value is -1.89. The topological polar surface area (TPSA) is 32.8 Å². The molecule has 0 saturated carbocycles. The molecule has 2 heterocycles. The van der Waals surface area contributed by atoms with Gasteiger partial charge in [-0.05, 0) is 24.6 Å². The van der Waals surface area contributed by atoms with Crippen LogP contribution in [0.3, 0.4) is 0 Å². The summed E-state index contributed by atoms with van der Waals surface area (Å²) in [5.41, 5.74) is 2.01. The van der Waals surface area contributed by atoms with Gasteiger partial charge < -0.3 is 0 Å². The fourth-order valence-electron chi connectivity index (χ4n) is 3.61. The summed E-state index contributed by atoms with van der Waals surface area (Å²) in [4.78, 5) is 21.3. The second kappa shape index (κ2) is 7.39. The van der Waals surface area contributed by atoms with Crippen molar-refractivity contribution in [2.24, 2.45) is 5.92 Å². The monoisotopic (exact) mass is 384 g/mol. The van der Waals surface area contributed by atoms with Gasteiger partial charge in [-0.15, -0.1) is 0 Å². The van der Waals surface area contributed by atoms with E-state index in [9.17, 15) is 4.79 Å². The first-order valence-corrected chi connectivity index (χ1v) is 10.1. The van der Waals surface area contributed by atoms with Crippen LogP contribution in [-0.2, 0) is 9.63 Å². The van der Waals surface area contributed by atoms with Gasteiger partial charge in [0.25, 0.3) is 0 Å². The quantitative estimate of drug-likeness (QED) is 0.746. The summed E-state index contributed by atoms with van der Waals surface area (Å²) in [5, 5.41) is 1.88. The summed E-state index contributed by atoms with van der Waals surface area (Å²) in [7, 11) is 0. The summed E-state index contributed by atoms with van der Waals surface area (Å²) in [6, 6.07) is 19.9. The van der Waals surface area contributed by atoms with Gasteiger partial charge in [-0.1, -0.05) is 72.5 Å². The van der Waals surface area contributed by atoms with Crippen LogP contribution in [0.15, 0.2) is 60.7 Å². The van der Waals surface area contributed by atoms with Gasteiger partial charge in [-0.2, -0.15) is 0 Å². The lowest BCUT2D eigenvalue weighted by Gasteiger charge is -2.29. The maximum absolute atomic E-state index is 13.3. The largest absolute Gasteiger partial charge is 0.297 e. The van der Waals surface area contributed by atoms with E-state index in [1.165, 1.54) is 0 Å². The minimum absolute atomic E-state index is 0.0554. The molecule has 0 aromatic heterocycles. The van der Waals surface area contributed by atoms with Crippen molar-refractivity contribution in [3.05, 3.63) is 66.2 Å². The van der Waals surface area contributed by atoms with Crippen LogP contribution in [0.4, 0.5) is 5.69 Å². The Morgan fingerprint density at radius 3 is 2.38 bits per heavy atom. The molecule has 1 amide bonds. The average molecular weight is 385 g/mol. The fourth-order valence-corrected chi connectivity index (χ4v) is 4.83. The third-order valence-corrected chi connectivity index (χ3v) is 6.27. The molecule has 2 aliphatic heterocycles. The standard InChI is InChI=1S/C20H20N2O2S2/c1-14-17(19(23)21-12-13-26-20(21)25)18(15-8-4-2-5-9-15)22(24-14)16-10-6-3-7-11-16/h2-11,14,17-18H,12-13H2,1H3/t14-,17-,18+/m0/s1. The molecule has 2 saturated heterocycles. The first kappa shape index (κ1) is 17.5. The van der Waals surface area contributed by atoms with Crippen molar-refractivity contribution in [3.8, 4) is 0 Å². The number of carbonyl (C=O) groups excluding carboxylic acids is 1. The molecule has 2 aromatic carbocycles. The average Bonchev–Trinajstić information content (AvgIpc) is 3.26. The SMILES string of the molecule is C[C@@H]1ON(c2ccccc2)[C@H](c2ccccc2)[C@H]1C(=O)N1CCSC1=S. The van der Waals surface area contributed by atoms with Crippen LogP contribution in [0, 0.1) is 5.92 Å². The Morgan fingerprint density at radius 1 is 1.12 bits per heavy atom. The first-order valence-electron chi connectivity index (χ1n) is 8.71. The number of hydrogen-bond acceptors (Lipinski definition) is 5. The van der Waals surface area contributed by atoms with Crippen LogP contribution >= 0.6 is 24.0 Å². The Labute approximate surface area is 163 Å². The van der Waals surface area contributed by atoms with Crippen molar-refractivity contribution in [2.45, 2.75) is 19.1 Å². The van der Waals surface area contributed by atoms with E-state index < -0.39 is 0 Å². The highest BCUT2D eigenvalue weighted by Gasteiger charge is 2.48. The molecule has 2 fully saturated rings. The molecule has 0 bridgehead atoms. The molecule has 2 aromatic rings. The first-order chi connectivity index (χ1) is 12.7. The molecule has 0 spiro atoms. The maximum atomic E-state index is 13.3. The predicted molar refractivity (Wildman–Crippen MR) is 109 cm³/mol. The van der Waals surface area contributed by atoms with E-state index in [4.69, 9.17) is 17.1 Å². The van der Waals surface area contributed by atoms with Gasteiger partial charge in [0.05, 0.1) is 23.8 Å². The normalized spacial score (nSPS) is 25.7. The summed E-state index contributed by atoms with van der Waals surface area (Å²) in [5.74, 6) is 0.610. The van der Waals surface area contributed by atoms with E-state index in [1.54, 1.807) is 16.7 Å². The van der Waals surface area contributed by atoms with E-state index in [-0.39, 0.29) is 24.0 Å². The minimum Gasteiger partial charge on any atom is -0.297 e. The Balaban J connectivity index is 1.74. The third-order valence-electron chi connectivity index (χ3n) is 4.84. The number of hydroxylamine groups is 1. The molecule has 26 heavy (non-hydrogen) atoms. The van der Waals surface area contributed by atoms with Gasteiger partial charge in [0, 0.05) is 12.3 Å². The summed E-state index contributed by atoms with van der Waals surface area (Å²) in [6.07, 6.45) is -0.235. The highest BCUT2D eigenvalue weighted by atomic mass is 32.2. The van der Waals surface area contributed by atoms with E-state index in [0.717, 1.165) is 17.0 Å². The van der Waals surface area contributed by atoms with Gasteiger partial charge >= 0.3 is 0 Å². The zero-order valence-electron chi connectivity index (χ0n) is 14.4. The van der Waals surface area contributed by atoms with E-state index in [0.29, 0.717) is 10.9 Å². The molecule has 3 atom stereocenters. The van der Waals surface area contributed by atoms with Crippen LogP contribution in [0.1, 0.15) is 18.5 Å². The van der Waals surface area contributed by atoms with Crippen molar-refractivity contribution in [1.82, 2.24) is 4.90 Å². The van der Waals surface area contributed by atoms with Gasteiger partial charge in [0.1, 0.15) is 4.32 Å². The number of rotatable bonds is 3. The molecular formula is C20H20N2O2S2. The molecule has 4 rings (SSSR count). The smallest absolute Gasteiger partial charge is 0.236 e. The highest BCUT2D eigenvalue weighted by molar-refractivity contribution is 8.23. The van der Waals surface area contributed by atoms with Crippen molar-refractivity contribution < 1.29 is 9.63 Å². The lowest BCUT2D eigenvalue weighted by atomic mass is 9.88. The number of para-hydroxylation sites is 1. The summed E-state index contributed by atoms with van der Waals surface area (Å²) < 4.78 is 0.673. The molecule has 2 aliphatic rings. The second-order valence-corrected chi connectivity index (χ2v) is 8.19. The van der Waals surface area contributed by atoms with Gasteiger partial charge in [-0.3, -0.25) is 14.5 Å². The molecule has 0 radical (unpaired) electrons. The maximum Gasteiger partial charge on any atom is 0.236 e. The van der Waals surface area contributed by atoms with E-state index in [1.807, 2.05) is 60.5 Å². The number of nitrogens with zero attached hydrogens (tertiary/aromatic N) is 2. The Bertz CT molecular complexity index is 800. The number of amides is 1. The summed E-state index contributed by atoms with van der Waals surface area (Å²) >= 11 is 6.95. The zero-order valence-corrected chi connectivity index (χ0v) is 16.1. The highest BCUT2D eigenvalue weighted by Crippen LogP contribution is 2.43. The fraction of sp³-hybridized carbons (Fsp3) is 0.300. The second-order valence-electron chi connectivity index (χ2n) is 6.46. The van der Waals surface area contributed by atoms with Crippen molar-refractivity contribution in [1.29, 1.82) is 0 Å². The molecule has 6 heteroatoms. The molecular weight excluding hydrogens is 364 g/mol. The number of carbonyl (C=O) groups is 1. The van der Waals surface area contributed by atoms with Crippen molar-refractivity contribution in [3.63, 3.8) is 0 Å². The summed E-state index contributed by atoms with van der Waals surface area (Å²) in [6.45, 7) is 2.64. The van der Waals surface area contributed by atoms with Crippen LogP contribution in [0.5, 0.6) is 0 Å². The number of benzene rings is 2. The molecule has 0 aliphatic carbocycles. The Kier molecular flexibility index (Phi) is 4.98. The van der Waals surface area contributed by atoms with Crippen LogP contribution in [-0.4, -0.2) is 33.5 Å². The number of thioether (sulfide) groups is 1. The number of hydrogen-bond donors (Lipinski definition) is 0. The third kappa shape index (κ3) is 3.13. The van der Waals surface area contributed by atoms with Gasteiger partial charge in [0.2, 0.25) is 5.91 Å². The number of thiocarbonyl (C=S) groups is 1. The predicted octanol–water partition coefficient (Wildman–Crippen LogP) is 4.04. The zero-order chi connectivity index (χ0) is 18.1. The molecule has 0 N–H and O–H groups in total. The van der Waals surface area contributed by atoms with Crippen LogP contribution < -0.4 is 5.06 Å². The van der Waals surface area contributed by atoms with Crippen LogP contribution in [0.2, 0.25) is 0 Å². The van der Waals surface area contributed by atoms with E-state index >= 15 is 0 Å². The Morgan fingerprint density at radius 2 is 1.77 bits per heavy atom. The van der Waals surface area contributed by atoms with E-state index in [2.05, 4.69) is 12.1 Å². The van der Waals surface area contributed by atoms with Crippen molar-refractivity contribution >= 4 is 39.9 Å². The molecule has 0 unspecified atom stereocenters. The minimum atomic E-state index is -0.311. The molecule has 4 nitrogen and oxygen atoms in total. The van der Waals surface area contributed by atoms with Crippen LogP contribution in [0.25, 0.3) is 0 Å². The molecule has 134 valence electrons. The van der Waals surface area contributed by atoms with Gasteiger partial charge in [-0.25, -0.2) is 5.06 Å².